The summed E-state index contributed by atoms with van der Waals surface area (Å²) in [5, 5.41) is 11.9. The molecule has 0 saturated carbocycles. The summed E-state index contributed by atoms with van der Waals surface area (Å²) >= 11 is 0. The van der Waals surface area contributed by atoms with Crippen LogP contribution in [0.25, 0.3) is 5.95 Å². The molecule has 0 aliphatic carbocycles. The van der Waals surface area contributed by atoms with Gasteiger partial charge in [0, 0.05) is 35.7 Å². The Hall–Kier alpha value is -1.95. The fourth-order valence-corrected chi connectivity index (χ4v) is 1.94. The van der Waals surface area contributed by atoms with Gasteiger partial charge in [-0.15, -0.1) is 0 Å². The molecule has 96 valence electrons. The molecule has 18 heavy (non-hydrogen) atoms. The summed E-state index contributed by atoms with van der Waals surface area (Å²) in [6, 6.07) is 1.85. The molecule has 0 saturated heterocycles. The van der Waals surface area contributed by atoms with Crippen LogP contribution in [0.15, 0.2) is 10.9 Å². The predicted molar refractivity (Wildman–Crippen MR) is 67.0 cm³/mol. The van der Waals surface area contributed by atoms with Crippen LogP contribution in [0.5, 0.6) is 0 Å². The topological polar surface area (TPSA) is 83.8 Å². The summed E-state index contributed by atoms with van der Waals surface area (Å²) < 4.78 is 1.32. The number of nitrogens with one attached hydrogen (secondary N) is 1. The van der Waals surface area contributed by atoms with Crippen LogP contribution in [-0.4, -0.2) is 31.5 Å². The third-order valence-corrected chi connectivity index (χ3v) is 2.73. The first-order chi connectivity index (χ1) is 8.52. The van der Waals surface area contributed by atoms with Crippen molar-refractivity contribution in [1.82, 2.24) is 19.7 Å². The van der Waals surface area contributed by atoms with Gasteiger partial charge in [-0.25, -0.2) is 9.97 Å². The summed E-state index contributed by atoms with van der Waals surface area (Å²) in [5.41, 5.74) is 2.71. The number of aryl methyl sites for hydroxylation is 3. The molecule has 0 radical (unpaired) electrons. The zero-order valence-corrected chi connectivity index (χ0v) is 10.7. The minimum atomic E-state index is -0.202. The molecule has 0 fully saturated rings. The molecule has 0 atom stereocenters. The number of aliphatic hydroxyl groups is 1. The van der Waals surface area contributed by atoms with Crippen LogP contribution in [0.3, 0.4) is 0 Å². The van der Waals surface area contributed by atoms with Crippen molar-refractivity contribution in [1.29, 1.82) is 0 Å². The highest BCUT2D eigenvalue weighted by atomic mass is 16.3. The fraction of sp³-hybridized carbons (Fsp3) is 0.417. The second-order valence-corrected chi connectivity index (χ2v) is 4.28. The minimum Gasteiger partial charge on any atom is -0.396 e. The molecule has 2 N–H and O–H groups in total. The Morgan fingerprint density at radius 2 is 1.89 bits per heavy atom. The predicted octanol–water partition coefficient (Wildman–Crippen LogP) is 0.416. The van der Waals surface area contributed by atoms with Crippen LogP contribution in [-0.2, 0) is 6.42 Å². The molecule has 0 amide bonds. The molecule has 6 nitrogen and oxygen atoms in total. The van der Waals surface area contributed by atoms with E-state index in [0.717, 1.165) is 17.1 Å². The molecular formula is C12H16N4O2. The number of aromatic nitrogens is 4. The van der Waals surface area contributed by atoms with Gasteiger partial charge in [0.2, 0.25) is 0 Å². The van der Waals surface area contributed by atoms with Gasteiger partial charge in [-0.2, -0.15) is 4.68 Å². The standard InChI is InChI=1S/C12H16N4O2/c1-7-6-8(2)14-12(13-7)16-11(18)10(4-5-17)9(3)15-16/h6,15,17H,4-5H2,1-3H3. The number of aromatic amines is 1. The zero-order chi connectivity index (χ0) is 13.3. The van der Waals surface area contributed by atoms with Crippen molar-refractivity contribution in [3.63, 3.8) is 0 Å². The van der Waals surface area contributed by atoms with Crippen LogP contribution >= 0.6 is 0 Å². The third-order valence-electron chi connectivity index (χ3n) is 2.73. The van der Waals surface area contributed by atoms with E-state index in [4.69, 9.17) is 5.11 Å². The number of nitrogens with zero attached hydrogens (tertiary/aromatic N) is 3. The highest BCUT2D eigenvalue weighted by molar-refractivity contribution is 5.23. The summed E-state index contributed by atoms with van der Waals surface area (Å²) in [6.45, 7) is 5.45. The summed E-state index contributed by atoms with van der Waals surface area (Å²) in [4.78, 5) is 20.6. The largest absolute Gasteiger partial charge is 0.396 e. The first kappa shape index (κ1) is 12.5. The lowest BCUT2D eigenvalue weighted by molar-refractivity contribution is 0.299. The van der Waals surface area contributed by atoms with Crippen LogP contribution in [0.2, 0.25) is 0 Å². The van der Waals surface area contributed by atoms with E-state index in [0.29, 0.717) is 17.9 Å². The maximum Gasteiger partial charge on any atom is 0.277 e. The van der Waals surface area contributed by atoms with E-state index in [1.807, 2.05) is 19.9 Å². The Kier molecular flexibility index (Phi) is 3.29. The number of aliphatic hydroxyl groups excluding tert-OH is 1. The SMILES string of the molecule is Cc1cc(C)nc(-n2[nH]c(C)c(CCO)c2=O)n1. The zero-order valence-electron chi connectivity index (χ0n) is 10.7. The van der Waals surface area contributed by atoms with Crippen molar-refractivity contribution in [3.05, 3.63) is 39.1 Å². The van der Waals surface area contributed by atoms with Crippen molar-refractivity contribution < 1.29 is 5.11 Å². The smallest absolute Gasteiger partial charge is 0.277 e. The molecule has 0 bridgehead atoms. The van der Waals surface area contributed by atoms with Gasteiger partial charge < -0.3 is 5.11 Å². The lowest BCUT2D eigenvalue weighted by Crippen LogP contribution is -2.20. The molecule has 0 aliphatic heterocycles. The summed E-state index contributed by atoms with van der Waals surface area (Å²) in [5.74, 6) is 0.338. The van der Waals surface area contributed by atoms with Crippen LogP contribution in [0.4, 0.5) is 0 Å². The average molecular weight is 248 g/mol. The quantitative estimate of drug-likeness (QED) is 0.824. The number of rotatable bonds is 3. The molecule has 0 aliphatic rings. The highest BCUT2D eigenvalue weighted by Crippen LogP contribution is 2.05. The molecular weight excluding hydrogens is 232 g/mol. The van der Waals surface area contributed by atoms with Gasteiger partial charge >= 0.3 is 0 Å². The maximum atomic E-state index is 12.1. The lowest BCUT2D eigenvalue weighted by Gasteiger charge is -2.02. The molecule has 2 aromatic heterocycles. The molecule has 0 spiro atoms. The average Bonchev–Trinajstić information content (AvgIpc) is 2.56. The van der Waals surface area contributed by atoms with Gasteiger partial charge in [-0.3, -0.25) is 9.89 Å². The number of hydrogen-bond donors (Lipinski definition) is 2. The first-order valence-corrected chi connectivity index (χ1v) is 5.77. The van der Waals surface area contributed by atoms with E-state index >= 15 is 0 Å². The molecule has 2 rings (SSSR count). The molecule has 2 heterocycles. The Labute approximate surface area is 104 Å². The van der Waals surface area contributed by atoms with E-state index in [9.17, 15) is 4.79 Å². The Bertz CT molecular complexity index is 607. The van der Waals surface area contributed by atoms with Crippen LogP contribution in [0, 0.1) is 20.8 Å². The number of H-pyrrole nitrogens is 1. The molecule has 0 unspecified atom stereocenters. The Morgan fingerprint density at radius 1 is 1.28 bits per heavy atom. The van der Waals surface area contributed by atoms with Crippen LogP contribution < -0.4 is 5.56 Å². The van der Waals surface area contributed by atoms with E-state index in [-0.39, 0.29) is 12.2 Å². The second kappa shape index (κ2) is 4.73. The van der Waals surface area contributed by atoms with E-state index in [1.54, 1.807) is 6.92 Å². The van der Waals surface area contributed by atoms with Crippen molar-refractivity contribution in [2.45, 2.75) is 27.2 Å². The van der Waals surface area contributed by atoms with Crippen molar-refractivity contribution >= 4 is 0 Å². The Morgan fingerprint density at radius 3 is 2.44 bits per heavy atom. The fourth-order valence-electron chi connectivity index (χ4n) is 1.94. The molecule has 6 heteroatoms. The van der Waals surface area contributed by atoms with Gasteiger partial charge in [0.05, 0.1) is 0 Å². The van der Waals surface area contributed by atoms with Gasteiger partial charge in [0.25, 0.3) is 11.5 Å². The maximum absolute atomic E-state index is 12.1. The first-order valence-electron chi connectivity index (χ1n) is 5.77. The molecule has 0 aromatic carbocycles. The third kappa shape index (κ3) is 2.19. The Balaban J connectivity index is 2.58. The molecule has 2 aromatic rings. The highest BCUT2D eigenvalue weighted by Gasteiger charge is 2.13. The van der Waals surface area contributed by atoms with Gasteiger partial charge in [0.15, 0.2) is 0 Å². The van der Waals surface area contributed by atoms with E-state index < -0.39 is 0 Å². The van der Waals surface area contributed by atoms with Gasteiger partial charge in [-0.05, 0) is 26.8 Å². The summed E-state index contributed by atoms with van der Waals surface area (Å²) in [7, 11) is 0. The van der Waals surface area contributed by atoms with Gasteiger partial charge in [0.1, 0.15) is 0 Å². The normalized spacial score (nSPS) is 10.9. The van der Waals surface area contributed by atoms with Crippen molar-refractivity contribution in [3.8, 4) is 5.95 Å². The van der Waals surface area contributed by atoms with Crippen molar-refractivity contribution in [2.24, 2.45) is 0 Å². The van der Waals surface area contributed by atoms with Crippen molar-refractivity contribution in [2.75, 3.05) is 6.61 Å². The number of hydrogen-bond acceptors (Lipinski definition) is 4. The van der Waals surface area contributed by atoms with Crippen LogP contribution in [0.1, 0.15) is 22.6 Å². The van der Waals surface area contributed by atoms with E-state index in [2.05, 4.69) is 15.1 Å². The lowest BCUT2D eigenvalue weighted by atomic mass is 10.2. The summed E-state index contributed by atoms with van der Waals surface area (Å²) in [6.07, 6.45) is 0.332. The monoisotopic (exact) mass is 248 g/mol. The van der Waals surface area contributed by atoms with E-state index in [1.165, 1.54) is 4.68 Å². The second-order valence-electron chi connectivity index (χ2n) is 4.28. The van der Waals surface area contributed by atoms with Gasteiger partial charge in [-0.1, -0.05) is 0 Å². The minimum absolute atomic E-state index is 0.0539.